The van der Waals surface area contributed by atoms with Crippen molar-refractivity contribution in [1.82, 2.24) is 15.3 Å². The Hall–Kier alpha value is -2.12. The Kier molecular flexibility index (Phi) is 3.66. The molecule has 3 aromatic rings. The SMILES string of the molecule is Fc1cccnc1C1CC1NC(=S)Nc1nc2ccccc2s1. The zero-order valence-corrected chi connectivity index (χ0v) is 13.6. The van der Waals surface area contributed by atoms with Gasteiger partial charge in [-0.1, -0.05) is 23.5 Å². The molecule has 1 saturated carbocycles. The van der Waals surface area contributed by atoms with Crippen molar-refractivity contribution in [2.75, 3.05) is 5.32 Å². The van der Waals surface area contributed by atoms with Crippen molar-refractivity contribution < 1.29 is 4.39 Å². The van der Waals surface area contributed by atoms with Crippen LogP contribution in [0.15, 0.2) is 42.6 Å². The first-order chi connectivity index (χ1) is 11.2. The average Bonchev–Trinajstić information content (AvgIpc) is 3.16. The maximum atomic E-state index is 13.7. The number of fused-ring (bicyclic) bond motifs is 1. The number of benzene rings is 1. The number of nitrogens with zero attached hydrogens (tertiary/aromatic N) is 2. The minimum atomic E-state index is -0.258. The second-order valence-electron chi connectivity index (χ2n) is 5.40. The highest BCUT2D eigenvalue weighted by Gasteiger charge is 2.41. The summed E-state index contributed by atoms with van der Waals surface area (Å²) in [6.45, 7) is 0. The quantitative estimate of drug-likeness (QED) is 0.710. The average molecular weight is 344 g/mol. The molecule has 0 radical (unpaired) electrons. The van der Waals surface area contributed by atoms with Crippen LogP contribution in [0.3, 0.4) is 0 Å². The molecule has 2 heterocycles. The van der Waals surface area contributed by atoms with Gasteiger partial charge in [-0.05, 0) is 42.9 Å². The van der Waals surface area contributed by atoms with Gasteiger partial charge in [-0.3, -0.25) is 4.98 Å². The summed E-state index contributed by atoms with van der Waals surface area (Å²) in [5.74, 6) is -0.182. The molecule has 2 aromatic heterocycles. The number of hydrogen-bond acceptors (Lipinski definition) is 4. The largest absolute Gasteiger partial charge is 0.359 e. The van der Waals surface area contributed by atoms with E-state index in [0.717, 1.165) is 21.8 Å². The minimum Gasteiger partial charge on any atom is -0.359 e. The summed E-state index contributed by atoms with van der Waals surface area (Å²) < 4.78 is 14.8. The summed E-state index contributed by atoms with van der Waals surface area (Å²) in [7, 11) is 0. The summed E-state index contributed by atoms with van der Waals surface area (Å²) in [6, 6.07) is 11.1. The van der Waals surface area contributed by atoms with Crippen LogP contribution < -0.4 is 10.6 Å². The second kappa shape index (κ2) is 5.82. The lowest BCUT2D eigenvalue weighted by Gasteiger charge is -2.08. The zero-order chi connectivity index (χ0) is 15.8. The smallest absolute Gasteiger partial charge is 0.190 e. The molecule has 1 aromatic carbocycles. The highest BCUT2D eigenvalue weighted by Crippen LogP contribution is 2.40. The van der Waals surface area contributed by atoms with Crippen molar-refractivity contribution in [1.29, 1.82) is 0 Å². The number of thiocarbonyl (C=S) groups is 1. The molecule has 2 atom stereocenters. The number of thiazole rings is 1. The third kappa shape index (κ3) is 3.02. The molecule has 4 nitrogen and oxygen atoms in total. The maximum Gasteiger partial charge on any atom is 0.190 e. The zero-order valence-electron chi connectivity index (χ0n) is 12.0. The van der Waals surface area contributed by atoms with Gasteiger partial charge in [-0.25, -0.2) is 9.37 Å². The van der Waals surface area contributed by atoms with Gasteiger partial charge in [-0.2, -0.15) is 0 Å². The summed E-state index contributed by atoms with van der Waals surface area (Å²) in [5, 5.41) is 7.57. The molecule has 116 valence electrons. The van der Waals surface area contributed by atoms with Gasteiger partial charge >= 0.3 is 0 Å². The summed E-state index contributed by atoms with van der Waals surface area (Å²) >= 11 is 6.87. The van der Waals surface area contributed by atoms with Crippen LogP contribution >= 0.6 is 23.6 Å². The Morgan fingerprint density at radius 3 is 2.96 bits per heavy atom. The number of anilines is 1. The molecule has 1 aliphatic carbocycles. The first-order valence-corrected chi connectivity index (χ1v) is 8.46. The lowest BCUT2D eigenvalue weighted by Crippen LogP contribution is -2.31. The fourth-order valence-electron chi connectivity index (χ4n) is 2.55. The van der Waals surface area contributed by atoms with E-state index in [1.54, 1.807) is 23.6 Å². The monoisotopic (exact) mass is 344 g/mol. The number of aromatic nitrogens is 2. The van der Waals surface area contributed by atoms with Crippen LogP contribution in [0, 0.1) is 5.82 Å². The predicted octanol–water partition coefficient (Wildman–Crippen LogP) is 3.67. The van der Waals surface area contributed by atoms with Gasteiger partial charge in [0.1, 0.15) is 5.82 Å². The van der Waals surface area contributed by atoms with Gasteiger partial charge in [0, 0.05) is 18.2 Å². The van der Waals surface area contributed by atoms with Crippen LogP contribution in [0.1, 0.15) is 18.0 Å². The number of rotatable bonds is 3. The fourth-order valence-corrected chi connectivity index (χ4v) is 3.74. The molecule has 4 rings (SSSR count). The first-order valence-electron chi connectivity index (χ1n) is 7.24. The highest BCUT2D eigenvalue weighted by molar-refractivity contribution is 7.80. The second-order valence-corrected chi connectivity index (χ2v) is 6.84. The molecule has 0 amide bonds. The Morgan fingerprint density at radius 1 is 1.26 bits per heavy atom. The van der Waals surface area contributed by atoms with Gasteiger partial charge in [0.15, 0.2) is 10.2 Å². The van der Waals surface area contributed by atoms with E-state index in [1.165, 1.54) is 6.07 Å². The van der Waals surface area contributed by atoms with Crippen molar-refractivity contribution in [3.8, 4) is 0 Å². The van der Waals surface area contributed by atoms with Gasteiger partial charge in [0.25, 0.3) is 0 Å². The number of halogens is 1. The molecule has 2 N–H and O–H groups in total. The van der Waals surface area contributed by atoms with Crippen LogP contribution in [0.25, 0.3) is 10.2 Å². The number of para-hydroxylation sites is 1. The molecule has 7 heteroatoms. The molecule has 0 bridgehead atoms. The van der Waals surface area contributed by atoms with Crippen LogP contribution in [-0.4, -0.2) is 21.1 Å². The first kappa shape index (κ1) is 14.5. The molecule has 1 fully saturated rings. The Morgan fingerprint density at radius 2 is 2.13 bits per heavy atom. The van der Waals surface area contributed by atoms with Gasteiger partial charge < -0.3 is 10.6 Å². The standard InChI is InChI=1S/C16H13FN4S2/c17-10-4-3-7-18-14(10)9-8-12(9)19-15(22)21-16-20-11-5-1-2-6-13(11)23-16/h1-7,9,12H,8H2,(H2,19,20,21,22). The van der Waals surface area contributed by atoms with Crippen LogP contribution in [-0.2, 0) is 0 Å². The Labute approximate surface area is 141 Å². The molecule has 1 aliphatic rings. The van der Waals surface area contributed by atoms with Crippen LogP contribution in [0.5, 0.6) is 0 Å². The highest BCUT2D eigenvalue weighted by atomic mass is 32.1. The number of nitrogens with one attached hydrogen (secondary N) is 2. The molecule has 23 heavy (non-hydrogen) atoms. The van der Waals surface area contributed by atoms with E-state index in [4.69, 9.17) is 12.2 Å². The lowest BCUT2D eigenvalue weighted by molar-refractivity contribution is 0.597. The fraction of sp³-hybridized carbons (Fsp3) is 0.188. The normalized spacial score (nSPS) is 19.5. The third-order valence-corrected chi connectivity index (χ3v) is 4.93. The van der Waals surface area contributed by atoms with Gasteiger partial charge in [0.2, 0.25) is 0 Å². The summed E-state index contributed by atoms with van der Waals surface area (Å²) in [4.78, 5) is 8.60. The van der Waals surface area contributed by atoms with E-state index in [2.05, 4.69) is 20.6 Å². The van der Waals surface area contributed by atoms with Crippen molar-refractivity contribution in [3.05, 3.63) is 54.1 Å². The molecular weight excluding hydrogens is 331 g/mol. The molecule has 0 spiro atoms. The van der Waals surface area contributed by atoms with Gasteiger partial charge in [-0.15, -0.1) is 0 Å². The van der Waals surface area contributed by atoms with Crippen molar-refractivity contribution in [2.45, 2.75) is 18.4 Å². The van der Waals surface area contributed by atoms with Crippen LogP contribution in [0.4, 0.5) is 9.52 Å². The van der Waals surface area contributed by atoms with E-state index >= 15 is 0 Å². The van der Waals surface area contributed by atoms with E-state index < -0.39 is 0 Å². The number of pyridine rings is 1. The third-order valence-electron chi connectivity index (χ3n) is 3.76. The lowest BCUT2D eigenvalue weighted by atomic mass is 10.2. The maximum absolute atomic E-state index is 13.7. The minimum absolute atomic E-state index is 0.0753. The van der Waals surface area contributed by atoms with E-state index in [9.17, 15) is 4.39 Å². The number of hydrogen-bond donors (Lipinski definition) is 2. The van der Waals surface area contributed by atoms with E-state index in [-0.39, 0.29) is 17.8 Å². The van der Waals surface area contributed by atoms with Crippen molar-refractivity contribution >= 4 is 44.0 Å². The Bertz CT molecular complexity index is 846. The molecule has 2 unspecified atom stereocenters. The van der Waals surface area contributed by atoms with Crippen molar-refractivity contribution in [2.24, 2.45) is 0 Å². The van der Waals surface area contributed by atoms with Crippen molar-refractivity contribution in [3.63, 3.8) is 0 Å². The summed E-state index contributed by atoms with van der Waals surface area (Å²) in [6.07, 6.45) is 2.45. The van der Waals surface area contributed by atoms with E-state index in [1.807, 2.05) is 24.3 Å². The van der Waals surface area contributed by atoms with Gasteiger partial charge in [0.05, 0.1) is 15.9 Å². The summed E-state index contributed by atoms with van der Waals surface area (Å²) in [5.41, 5.74) is 1.45. The molecular formula is C16H13FN4S2. The van der Waals surface area contributed by atoms with Crippen LogP contribution in [0.2, 0.25) is 0 Å². The molecule has 0 saturated heterocycles. The predicted molar refractivity (Wildman–Crippen MR) is 94.3 cm³/mol. The van der Waals surface area contributed by atoms with E-state index in [0.29, 0.717) is 10.8 Å². The Balaban J connectivity index is 1.39. The topological polar surface area (TPSA) is 49.8 Å². The molecule has 0 aliphatic heterocycles.